The maximum Gasteiger partial charge on any atom is 0.269 e. The lowest BCUT2D eigenvalue weighted by molar-refractivity contribution is -0.384. The number of hydrogen-bond acceptors (Lipinski definition) is 5. The minimum atomic E-state index is -0.427. The van der Waals surface area contributed by atoms with Crippen LogP contribution < -0.4 is 4.90 Å². The van der Waals surface area contributed by atoms with Crippen molar-refractivity contribution in [3.8, 4) is 0 Å². The summed E-state index contributed by atoms with van der Waals surface area (Å²) in [4.78, 5) is 24.2. The van der Waals surface area contributed by atoms with Gasteiger partial charge in [-0.1, -0.05) is 0 Å². The molecule has 21 heavy (non-hydrogen) atoms. The Bertz CT molecular complexity index is 546. The van der Waals surface area contributed by atoms with Gasteiger partial charge in [0, 0.05) is 31.0 Å². The minimum Gasteiger partial charge on any atom is -0.382 e. The molecule has 0 bridgehead atoms. The van der Waals surface area contributed by atoms with Gasteiger partial charge in [-0.3, -0.25) is 14.9 Å². The van der Waals surface area contributed by atoms with Crippen LogP contribution in [0.4, 0.5) is 11.4 Å². The Morgan fingerprint density at radius 3 is 2.90 bits per heavy atom. The molecule has 1 aromatic carbocycles. The van der Waals surface area contributed by atoms with Gasteiger partial charge in [0.1, 0.15) is 6.61 Å². The zero-order valence-electron chi connectivity index (χ0n) is 12.1. The molecule has 1 amide bonds. The lowest BCUT2D eigenvalue weighted by atomic mass is 10.1. The summed E-state index contributed by atoms with van der Waals surface area (Å²) < 4.78 is 10.1. The number of carbonyl (C=O) groups excluding carboxylic acids is 1. The first-order valence-electron chi connectivity index (χ1n) is 6.70. The first-order chi connectivity index (χ1) is 10.0. The van der Waals surface area contributed by atoms with E-state index in [1.165, 1.54) is 12.1 Å². The van der Waals surface area contributed by atoms with Crippen molar-refractivity contribution in [2.45, 2.75) is 19.4 Å². The monoisotopic (exact) mass is 294 g/mol. The van der Waals surface area contributed by atoms with Crippen molar-refractivity contribution < 1.29 is 19.2 Å². The van der Waals surface area contributed by atoms with Gasteiger partial charge < -0.3 is 14.4 Å². The van der Waals surface area contributed by atoms with Gasteiger partial charge in [-0.05, 0) is 25.0 Å². The van der Waals surface area contributed by atoms with Crippen LogP contribution >= 0.6 is 0 Å². The van der Waals surface area contributed by atoms with Crippen molar-refractivity contribution in [3.63, 3.8) is 0 Å². The number of benzene rings is 1. The van der Waals surface area contributed by atoms with Crippen LogP contribution in [0.2, 0.25) is 0 Å². The second kappa shape index (κ2) is 6.64. The molecule has 1 aromatic rings. The topological polar surface area (TPSA) is 81.9 Å². The number of fused-ring (bicyclic) bond motifs is 1. The molecule has 0 saturated carbocycles. The van der Waals surface area contributed by atoms with Crippen LogP contribution in [0.3, 0.4) is 0 Å². The SMILES string of the molecule is COCCOCC(=O)N1c2ccc([N+](=O)[O-])cc2C[C@H]1C. The lowest BCUT2D eigenvalue weighted by Crippen LogP contribution is -2.38. The second-order valence-corrected chi connectivity index (χ2v) is 4.93. The summed E-state index contributed by atoms with van der Waals surface area (Å²) in [6, 6.07) is 4.55. The molecular weight excluding hydrogens is 276 g/mol. The highest BCUT2D eigenvalue weighted by Crippen LogP contribution is 2.34. The molecule has 0 N–H and O–H groups in total. The summed E-state index contributed by atoms with van der Waals surface area (Å²) in [6.45, 7) is 2.69. The summed E-state index contributed by atoms with van der Waals surface area (Å²) in [5.41, 5.74) is 1.60. The predicted octanol–water partition coefficient (Wildman–Crippen LogP) is 1.54. The average Bonchev–Trinajstić information content (AvgIpc) is 2.78. The van der Waals surface area contributed by atoms with Gasteiger partial charge in [-0.2, -0.15) is 0 Å². The molecule has 1 heterocycles. The van der Waals surface area contributed by atoms with Crippen molar-refractivity contribution in [1.29, 1.82) is 0 Å². The highest BCUT2D eigenvalue weighted by molar-refractivity contribution is 5.97. The fraction of sp³-hybridized carbons (Fsp3) is 0.500. The van der Waals surface area contributed by atoms with Crippen LogP contribution in [0.5, 0.6) is 0 Å². The molecule has 2 rings (SSSR count). The highest BCUT2D eigenvalue weighted by Gasteiger charge is 2.31. The number of carbonyl (C=O) groups is 1. The minimum absolute atomic E-state index is 0.0237. The molecular formula is C14H18N2O5. The number of amides is 1. The van der Waals surface area contributed by atoms with E-state index in [-0.39, 0.29) is 24.2 Å². The van der Waals surface area contributed by atoms with E-state index >= 15 is 0 Å². The molecule has 1 aliphatic rings. The first kappa shape index (κ1) is 15.4. The standard InChI is InChI=1S/C14H18N2O5/c1-10-7-11-8-12(16(18)19)3-4-13(11)15(10)14(17)9-21-6-5-20-2/h3-4,8,10H,5-7,9H2,1-2H3/t10-/m1/s1. The highest BCUT2D eigenvalue weighted by atomic mass is 16.6. The van der Waals surface area contributed by atoms with Crippen LogP contribution in [0.1, 0.15) is 12.5 Å². The first-order valence-corrected chi connectivity index (χ1v) is 6.70. The van der Waals surface area contributed by atoms with E-state index in [2.05, 4.69) is 0 Å². The number of nitro benzene ring substituents is 1. The number of ether oxygens (including phenoxy) is 2. The van der Waals surface area contributed by atoms with E-state index in [1.54, 1.807) is 18.1 Å². The Kier molecular flexibility index (Phi) is 4.87. The van der Waals surface area contributed by atoms with Crippen LogP contribution in [0.25, 0.3) is 0 Å². The van der Waals surface area contributed by atoms with E-state index in [0.29, 0.717) is 19.6 Å². The lowest BCUT2D eigenvalue weighted by Gasteiger charge is -2.22. The van der Waals surface area contributed by atoms with Crippen molar-refractivity contribution in [1.82, 2.24) is 0 Å². The van der Waals surface area contributed by atoms with Crippen molar-refractivity contribution >= 4 is 17.3 Å². The molecule has 0 fully saturated rings. The quantitative estimate of drug-likeness (QED) is 0.451. The van der Waals surface area contributed by atoms with E-state index < -0.39 is 4.92 Å². The fourth-order valence-corrected chi connectivity index (χ4v) is 2.48. The van der Waals surface area contributed by atoms with Crippen molar-refractivity contribution in [2.24, 2.45) is 0 Å². The molecule has 0 saturated heterocycles. The van der Waals surface area contributed by atoms with E-state index in [4.69, 9.17) is 9.47 Å². The number of nitrogens with zero attached hydrogens (tertiary/aromatic N) is 2. The van der Waals surface area contributed by atoms with Gasteiger partial charge in [-0.25, -0.2) is 0 Å². The third kappa shape index (κ3) is 3.37. The zero-order chi connectivity index (χ0) is 15.4. The molecule has 0 unspecified atom stereocenters. The Morgan fingerprint density at radius 2 is 2.24 bits per heavy atom. The predicted molar refractivity (Wildman–Crippen MR) is 76.4 cm³/mol. The van der Waals surface area contributed by atoms with Gasteiger partial charge in [0.15, 0.2) is 0 Å². The molecule has 7 nitrogen and oxygen atoms in total. The largest absolute Gasteiger partial charge is 0.382 e. The number of rotatable bonds is 6. The number of methoxy groups -OCH3 is 1. The normalized spacial score (nSPS) is 16.9. The maximum atomic E-state index is 12.2. The van der Waals surface area contributed by atoms with Crippen LogP contribution in [0.15, 0.2) is 18.2 Å². The fourth-order valence-electron chi connectivity index (χ4n) is 2.48. The maximum absolute atomic E-state index is 12.2. The summed E-state index contributed by atoms with van der Waals surface area (Å²) >= 11 is 0. The third-order valence-electron chi connectivity index (χ3n) is 3.42. The van der Waals surface area contributed by atoms with Crippen LogP contribution in [0, 0.1) is 10.1 Å². The van der Waals surface area contributed by atoms with Gasteiger partial charge in [0.25, 0.3) is 11.6 Å². The van der Waals surface area contributed by atoms with Crippen LogP contribution in [-0.4, -0.2) is 43.8 Å². The summed E-state index contributed by atoms with van der Waals surface area (Å²) in [6.07, 6.45) is 0.612. The van der Waals surface area contributed by atoms with E-state index in [1.807, 2.05) is 6.92 Å². The van der Waals surface area contributed by atoms with Gasteiger partial charge in [-0.15, -0.1) is 0 Å². The van der Waals surface area contributed by atoms with Gasteiger partial charge >= 0.3 is 0 Å². The summed E-state index contributed by atoms with van der Waals surface area (Å²) in [7, 11) is 1.57. The Hall–Kier alpha value is -1.99. The van der Waals surface area contributed by atoms with E-state index in [0.717, 1.165) is 11.3 Å². The molecule has 1 atom stereocenters. The molecule has 7 heteroatoms. The Morgan fingerprint density at radius 1 is 1.48 bits per heavy atom. The molecule has 114 valence electrons. The summed E-state index contributed by atoms with van der Waals surface area (Å²) in [5.74, 6) is -0.147. The Labute approximate surface area is 122 Å². The molecule has 0 aliphatic carbocycles. The van der Waals surface area contributed by atoms with Gasteiger partial charge in [0.2, 0.25) is 0 Å². The van der Waals surface area contributed by atoms with E-state index in [9.17, 15) is 14.9 Å². The van der Waals surface area contributed by atoms with Gasteiger partial charge in [0.05, 0.1) is 18.1 Å². The molecule has 0 radical (unpaired) electrons. The smallest absolute Gasteiger partial charge is 0.269 e. The average molecular weight is 294 g/mol. The second-order valence-electron chi connectivity index (χ2n) is 4.93. The van der Waals surface area contributed by atoms with Crippen molar-refractivity contribution in [3.05, 3.63) is 33.9 Å². The number of hydrogen-bond donors (Lipinski definition) is 0. The number of non-ortho nitro benzene ring substituents is 1. The molecule has 0 aromatic heterocycles. The Balaban J connectivity index is 2.09. The zero-order valence-corrected chi connectivity index (χ0v) is 12.1. The molecule has 0 spiro atoms. The van der Waals surface area contributed by atoms with Crippen molar-refractivity contribution in [2.75, 3.05) is 31.8 Å². The van der Waals surface area contributed by atoms with Crippen LogP contribution in [-0.2, 0) is 20.7 Å². The summed E-state index contributed by atoms with van der Waals surface area (Å²) in [5, 5.41) is 10.8. The molecule has 1 aliphatic heterocycles. The number of nitro groups is 1. The number of anilines is 1. The third-order valence-corrected chi connectivity index (χ3v) is 3.42.